The Morgan fingerprint density at radius 2 is 1.67 bits per heavy atom. The van der Waals surface area contributed by atoms with E-state index in [1.807, 2.05) is 0 Å². The Hall–Kier alpha value is 0.830. The molecule has 0 aliphatic rings. The summed E-state index contributed by atoms with van der Waals surface area (Å²) in [4.78, 5) is 0. The van der Waals surface area contributed by atoms with Crippen molar-refractivity contribution < 1.29 is 52.0 Å². The van der Waals surface area contributed by atoms with Gasteiger partial charge in [-0.3, -0.25) is 0 Å². The van der Waals surface area contributed by atoms with E-state index in [0.717, 1.165) is 13.0 Å². The van der Waals surface area contributed by atoms with Crippen LogP contribution in [-0.4, -0.2) is 45.2 Å². The van der Waals surface area contributed by atoms with Crippen molar-refractivity contribution in [2.24, 2.45) is 5.92 Å². The monoisotopic (exact) mass is 332 g/mol. The molecule has 0 saturated carbocycles. The van der Waals surface area contributed by atoms with Crippen molar-refractivity contribution in [2.75, 3.05) is 32.2 Å². The van der Waals surface area contributed by atoms with E-state index in [0.29, 0.717) is 38.6 Å². The van der Waals surface area contributed by atoms with Gasteiger partial charge in [-0.2, -0.15) is 0 Å². The van der Waals surface area contributed by atoms with E-state index in [-0.39, 0.29) is 35.3 Å². The molecular formula is C14H29NaO5S. The van der Waals surface area contributed by atoms with Crippen molar-refractivity contribution >= 4 is 10.1 Å². The smallest absolute Gasteiger partial charge is 0.748 e. The fraction of sp³-hybridized carbons (Fsp3) is 1.00. The third kappa shape index (κ3) is 18.8. The average molecular weight is 332 g/mol. The summed E-state index contributed by atoms with van der Waals surface area (Å²) < 4.78 is 42.0. The minimum absolute atomic E-state index is 0. The van der Waals surface area contributed by atoms with Crippen molar-refractivity contribution in [3.8, 4) is 0 Å². The maximum atomic E-state index is 10.4. The summed E-state index contributed by atoms with van der Waals surface area (Å²) in [6.45, 7) is 6.74. The molecule has 1 unspecified atom stereocenters. The predicted molar refractivity (Wildman–Crippen MR) is 78.7 cm³/mol. The minimum atomic E-state index is -4.08. The Kier molecular flexibility index (Phi) is 18.0. The van der Waals surface area contributed by atoms with Crippen LogP contribution in [0, 0.1) is 5.92 Å². The number of hydrogen-bond acceptors (Lipinski definition) is 5. The molecule has 0 aromatic heterocycles. The van der Waals surface area contributed by atoms with Gasteiger partial charge >= 0.3 is 29.6 Å². The van der Waals surface area contributed by atoms with Gasteiger partial charge in [0, 0.05) is 19.0 Å². The van der Waals surface area contributed by atoms with Crippen LogP contribution in [0.25, 0.3) is 0 Å². The van der Waals surface area contributed by atoms with E-state index in [1.54, 1.807) is 0 Å². The van der Waals surface area contributed by atoms with E-state index >= 15 is 0 Å². The molecule has 0 amide bonds. The Balaban J connectivity index is 0. The average Bonchev–Trinajstić information content (AvgIpc) is 2.39. The van der Waals surface area contributed by atoms with Crippen molar-refractivity contribution in [3.63, 3.8) is 0 Å². The van der Waals surface area contributed by atoms with Crippen molar-refractivity contribution in [3.05, 3.63) is 0 Å². The Morgan fingerprint density at radius 1 is 1.00 bits per heavy atom. The van der Waals surface area contributed by atoms with Gasteiger partial charge in [-0.25, -0.2) is 8.42 Å². The van der Waals surface area contributed by atoms with Crippen molar-refractivity contribution in [1.29, 1.82) is 0 Å². The molecule has 0 heterocycles. The molecule has 0 N–H and O–H groups in total. The number of rotatable bonds is 14. The van der Waals surface area contributed by atoms with Crippen molar-refractivity contribution in [1.82, 2.24) is 0 Å². The van der Waals surface area contributed by atoms with Gasteiger partial charge in [0.2, 0.25) is 0 Å². The molecule has 0 fully saturated rings. The third-order valence-electron chi connectivity index (χ3n) is 3.20. The van der Waals surface area contributed by atoms with Crippen LogP contribution in [0.15, 0.2) is 0 Å². The van der Waals surface area contributed by atoms with Gasteiger partial charge in [0.15, 0.2) is 0 Å². The van der Waals surface area contributed by atoms with Crippen molar-refractivity contribution in [2.45, 2.75) is 52.4 Å². The fourth-order valence-corrected chi connectivity index (χ4v) is 2.41. The predicted octanol–water partition coefficient (Wildman–Crippen LogP) is -0.435. The Labute approximate surface area is 152 Å². The summed E-state index contributed by atoms with van der Waals surface area (Å²) >= 11 is 0. The molecule has 0 aromatic carbocycles. The summed E-state index contributed by atoms with van der Waals surface area (Å²) in [5.74, 6) is 0.333. The second kappa shape index (κ2) is 15.7. The normalized spacial score (nSPS) is 12.9. The van der Waals surface area contributed by atoms with Gasteiger partial charge in [-0.05, 0) is 25.2 Å². The summed E-state index contributed by atoms with van der Waals surface area (Å²) in [5.41, 5.74) is 0. The summed E-state index contributed by atoms with van der Waals surface area (Å²) in [6.07, 6.45) is 5.79. The first kappa shape index (κ1) is 24.1. The van der Waals surface area contributed by atoms with Crippen LogP contribution in [-0.2, 0) is 19.6 Å². The Bertz CT molecular complexity index is 308. The standard InChI is InChI=1S/C14H30O5S.Na/c1-3-5-8-14(4-2)13-19-11-10-18-9-6-7-12-20(15,16)17;/h14H,3-13H2,1-2H3,(H,15,16,17);/q;+1/p-1. The van der Waals surface area contributed by atoms with E-state index in [9.17, 15) is 13.0 Å². The van der Waals surface area contributed by atoms with Gasteiger partial charge in [0.1, 0.15) is 0 Å². The van der Waals surface area contributed by atoms with E-state index in [4.69, 9.17) is 9.47 Å². The third-order valence-corrected chi connectivity index (χ3v) is 3.99. The molecule has 0 aliphatic carbocycles. The van der Waals surface area contributed by atoms with Crippen LogP contribution in [0.5, 0.6) is 0 Å². The van der Waals surface area contributed by atoms with E-state index in [2.05, 4.69) is 13.8 Å². The van der Waals surface area contributed by atoms with Crippen LogP contribution in [0.3, 0.4) is 0 Å². The molecule has 0 radical (unpaired) electrons. The van der Waals surface area contributed by atoms with Crippen LogP contribution >= 0.6 is 0 Å². The first-order valence-electron chi connectivity index (χ1n) is 7.58. The topological polar surface area (TPSA) is 75.7 Å². The Morgan fingerprint density at radius 3 is 2.24 bits per heavy atom. The molecule has 0 bridgehead atoms. The maximum absolute atomic E-state index is 10.4. The molecule has 7 heteroatoms. The fourth-order valence-electron chi connectivity index (χ4n) is 1.85. The van der Waals surface area contributed by atoms with Crippen LogP contribution in [0.4, 0.5) is 0 Å². The second-order valence-electron chi connectivity index (χ2n) is 5.07. The molecular weight excluding hydrogens is 303 g/mol. The molecule has 0 aromatic rings. The molecule has 5 nitrogen and oxygen atoms in total. The SMILES string of the molecule is CCCCC(CC)COCCOCCCCS(=O)(=O)[O-].[Na+]. The van der Waals surface area contributed by atoms with Crippen LogP contribution in [0.1, 0.15) is 52.4 Å². The van der Waals surface area contributed by atoms with E-state index in [1.165, 1.54) is 19.3 Å². The molecule has 0 saturated heterocycles. The van der Waals surface area contributed by atoms with Gasteiger partial charge in [0.25, 0.3) is 0 Å². The largest absolute Gasteiger partial charge is 1.00 e. The molecule has 1 atom stereocenters. The second-order valence-corrected chi connectivity index (χ2v) is 6.60. The zero-order valence-electron chi connectivity index (χ0n) is 13.8. The molecule has 0 aliphatic heterocycles. The van der Waals surface area contributed by atoms with Gasteiger partial charge in [0.05, 0.1) is 23.3 Å². The molecule has 0 spiro atoms. The maximum Gasteiger partial charge on any atom is 1.00 e. The molecule has 0 rings (SSSR count). The van der Waals surface area contributed by atoms with Crippen LogP contribution < -0.4 is 29.6 Å². The van der Waals surface area contributed by atoms with Crippen LogP contribution in [0.2, 0.25) is 0 Å². The van der Waals surface area contributed by atoms with Gasteiger partial charge in [-0.1, -0.05) is 33.1 Å². The first-order chi connectivity index (χ1) is 9.49. The zero-order chi connectivity index (χ0) is 15.3. The minimum Gasteiger partial charge on any atom is -0.748 e. The summed E-state index contributed by atoms with van der Waals surface area (Å²) in [7, 11) is -4.08. The zero-order valence-corrected chi connectivity index (χ0v) is 16.6. The van der Waals surface area contributed by atoms with Gasteiger partial charge < -0.3 is 14.0 Å². The molecule has 21 heavy (non-hydrogen) atoms. The number of ether oxygens (including phenoxy) is 2. The number of hydrogen-bond donors (Lipinski definition) is 0. The summed E-state index contributed by atoms with van der Waals surface area (Å²) in [6, 6.07) is 0. The number of unbranched alkanes of at least 4 members (excludes halogenated alkanes) is 2. The van der Waals surface area contributed by atoms with Gasteiger partial charge in [-0.15, -0.1) is 0 Å². The summed E-state index contributed by atoms with van der Waals surface area (Å²) in [5, 5.41) is 0. The molecule has 122 valence electrons. The first-order valence-corrected chi connectivity index (χ1v) is 9.16. The quantitative estimate of drug-likeness (QED) is 0.245. The van der Waals surface area contributed by atoms with E-state index < -0.39 is 10.1 Å².